The van der Waals surface area contributed by atoms with Gasteiger partial charge in [0.1, 0.15) is 6.26 Å². The Hall–Kier alpha value is -0.830. The lowest BCUT2D eigenvalue weighted by molar-refractivity contribution is 0.476. The lowest BCUT2D eigenvalue weighted by atomic mass is 10.1. The van der Waals surface area contributed by atoms with Gasteiger partial charge in [-0.3, -0.25) is 0 Å². The van der Waals surface area contributed by atoms with Crippen LogP contribution in [0, 0.1) is 0 Å². The molecule has 1 atom stereocenters. The van der Waals surface area contributed by atoms with Gasteiger partial charge >= 0.3 is 0 Å². The molecule has 1 aromatic heterocycles. The Labute approximate surface area is 84.7 Å². The van der Waals surface area contributed by atoms with Gasteiger partial charge in [-0.25, -0.2) is 4.98 Å². The molecule has 2 rings (SSSR count). The monoisotopic (exact) mass is 194 g/mol. The normalized spacial score (nSPS) is 20.1. The Bertz CT molecular complexity index is 287. The molecule has 2 N–H and O–H groups in total. The van der Waals surface area contributed by atoms with E-state index in [0.29, 0.717) is 5.92 Å². The van der Waals surface area contributed by atoms with E-state index in [1.165, 1.54) is 25.7 Å². The van der Waals surface area contributed by atoms with Gasteiger partial charge in [0, 0.05) is 18.4 Å². The fourth-order valence-electron chi connectivity index (χ4n) is 2.10. The van der Waals surface area contributed by atoms with Crippen LogP contribution in [0.15, 0.2) is 10.7 Å². The first kappa shape index (κ1) is 9.71. The minimum Gasteiger partial charge on any atom is -0.449 e. The molecule has 0 bridgehead atoms. The van der Waals surface area contributed by atoms with E-state index in [0.717, 1.165) is 18.0 Å². The van der Waals surface area contributed by atoms with Gasteiger partial charge in [-0.2, -0.15) is 0 Å². The first-order valence-corrected chi connectivity index (χ1v) is 5.45. The fraction of sp³-hybridized carbons (Fsp3) is 0.727. The van der Waals surface area contributed by atoms with Crippen molar-refractivity contribution in [3.8, 4) is 0 Å². The van der Waals surface area contributed by atoms with Crippen LogP contribution in [0.4, 0.5) is 0 Å². The molecule has 1 fully saturated rings. The molecule has 1 aliphatic carbocycles. The van der Waals surface area contributed by atoms with Gasteiger partial charge in [0.05, 0.1) is 5.69 Å². The van der Waals surface area contributed by atoms with Gasteiger partial charge in [0.25, 0.3) is 0 Å². The molecule has 1 aromatic rings. The van der Waals surface area contributed by atoms with Crippen LogP contribution in [0.5, 0.6) is 0 Å². The van der Waals surface area contributed by atoms with Crippen LogP contribution in [-0.4, -0.2) is 11.0 Å². The van der Waals surface area contributed by atoms with Crippen molar-refractivity contribution < 1.29 is 4.42 Å². The SMILES string of the molecule is CC(N)Cc1nc(C2CCCC2)co1. The van der Waals surface area contributed by atoms with E-state index in [1.54, 1.807) is 0 Å². The molecule has 0 aromatic carbocycles. The number of nitrogens with two attached hydrogens (primary N) is 1. The second kappa shape index (κ2) is 4.13. The minimum atomic E-state index is 0.130. The topological polar surface area (TPSA) is 52.0 Å². The first-order valence-electron chi connectivity index (χ1n) is 5.45. The van der Waals surface area contributed by atoms with E-state index in [-0.39, 0.29) is 6.04 Å². The van der Waals surface area contributed by atoms with Gasteiger partial charge < -0.3 is 10.2 Å². The molecule has 1 heterocycles. The molecule has 14 heavy (non-hydrogen) atoms. The number of hydrogen-bond acceptors (Lipinski definition) is 3. The summed E-state index contributed by atoms with van der Waals surface area (Å²) in [6.07, 6.45) is 7.76. The Morgan fingerprint density at radius 2 is 2.29 bits per heavy atom. The molecule has 1 aliphatic rings. The summed E-state index contributed by atoms with van der Waals surface area (Å²) in [5, 5.41) is 0. The van der Waals surface area contributed by atoms with Crippen molar-refractivity contribution in [3.63, 3.8) is 0 Å². The van der Waals surface area contributed by atoms with Gasteiger partial charge in [-0.05, 0) is 19.8 Å². The highest BCUT2D eigenvalue weighted by Crippen LogP contribution is 2.33. The summed E-state index contributed by atoms with van der Waals surface area (Å²) in [5.74, 6) is 1.43. The molecule has 0 aliphatic heterocycles. The molecule has 0 saturated heterocycles. The maximum absolute atomic E-state index is 5.69. The Balaban J connectivity index is 2.01. The largest absolute Gasteiger partial charge is 0.449 e. The van der Waals surface area contributed by atoms with Crippen LogP contribution in [-0.2, 0) is 6.42 Å². The van der Waals surface area contributed by atoms with E-state index < -0.39 is 0 Å². The molecule has 0 spiro atoms. The second-order valence-corrected chi connectivity index (χ2v) is 4.33. The van der Waals surface area contributed by atoms with Gasteiger partial charge in [0.15, 0.2) is 5.89 Å². The summed E-state index contributed by atoms with van der Waals surface area (Å²) in [7, 11) is 0. The number of nitrogens with zero attached hydrogens (tertiary/aromatic N) is 1. The van der Waals surface area contributed by atoms with Gasteiger partial charge in [-0.15, -0.1) is 0 Å². The molecule has 1 unspecified atom stereocenters. The predicted molar refractivity (Wildman–Crippen MR) is 55.1 cm³/mol. The second-order valence-electron chi connectivity index (χ2n) is 4.33. The van der Waals surface area contributed by atoms with Crippen LogP contribution in [0.2, 0.25) is 0 Å². The zero-order valence-corrected chi connectivity index (χ0v) is 8.70. The predicted octanol–water partition coefficient (Wildman–Crippen LogP) is 2.22. The smallest absolute Gasteiger partial charge is 0.195 e. The summed E-state index contributed by atoms with van der Waals surface area (Å²) in [6.45, 7) is 1.97. The van der Waals surface area contributed by atoms with Crippen LogP contribution in [0.3, 0.4) is 0 Å². The Kier molecular flexibility index (Phi) is 2.87. The third kappa shape index (κ3) is 2.15. The van der Waals surface area contributed by atoms with Crippen LogP contribution in [0.1, 0.15) is 50.1 Å². The van der Waals surface area contributed by atoms with Crippen molar-refractivity contribution in [1.82, 2.24) is 4.98 Å². The molecular formula is C11H18N2O. The summed E-state index contributed by atoms with van der Waals surface area (Å²) < 4.78 is 5.40. The lowest BCUT2D eigenvalue weighted by Crippen LogP contribution is -2.17. The molecule has 3 heteroatoms. The van der Waals surface area contributed by atoms with E-state index in [9.17, 15) is 0 Å². The fourth-order valence-corrected chi connectivity index (χ4v) is 2.10. The van der Waals surface area contributed by atoms with E-state index in [1.807, 2.05) is 13.2 Å². The maximum atomic E-state index is 5.69. The van der Waals surface area contributed by atoms with Gasteiger partial charge in [-0.1, -0.05) is 12.8 Å². The highest BCUT2D eigenvalue weighted by atomic mass is 16.3. The minimum absolute atomic E-state index is 0.130. The molecule has 0 amide bonds. The average Bonchev–Trinajstić information content (AvgIpc) is 2.69. The van der Waals surface area contributed by atoms with E-state index >= 15 is 0 Å². The van der Waals surface area contributed by atoms with Crippen molar-refractivity contribution >= 4 is 0 Å². The van der Waals surface area contributed by atoms with Gasteiger partial charge in [0.2, 0.25) is 0 Å². The van der Waals surface area contributed by atoms with Crippen LogP contribution >= 0.6 is 0 Å². The molecule has 3 nitrogen and oxygen atoms in total. The van der Waals surface area contributed by atoms with E-state index in [4.69, 9.17) is 10.2 Å². The summed E-state index contributed by atoms with van der Waals surface area (Å²) in [5.41, 5.74) is 6.82. The lowest BCUT2D eigenvalue weighted by Gasteiger charge is -2.02. The van der Waals surface area contributed by atoms with Crippen molar-refractivity contribution in [2.75, 3.05) is 0 Å². The number of aromatic nitrogens is 1. The van der Waals surface area contributed by atoms with Crippen molar-refractivity contribution in [3.05, 3.63) is 17.8 Å². The molecule has 1 saturated carbocycles. The van der Waals surface area contributed by atoms with Crippen molar-refractivity contribution in [2.24, 2.45) is 5.73 Å². The zero-order chi connectivity index (χ0) is 9.97. The Morgan fingerprint density at radius 1 is 1.57 bits per heavy atom. The highest BCUT2D eigenvalue weighted by molar-refractivity contribution is 5.06. The third-order valence-corrected chi connectivity index (χ3v) is 2.84. The van der Waals surface area contributed by atoms with Crippen LogP contribution in [0.25, 0.3) is 0 Å². The zero-order valence-electron chi connectivity index (χ0n) is 8.70. The Morgan fingerprint density at radius 3 is 2.93 bits per heavy atom. The quantitative estimate of drug-likeness (QED) is 0.802. The van der Waals surface area contributed by atoms with Crippen molar-refractivity contribution in [1.29, 1.82) is 0 Å². The number of hydrogen-bond donors (Lipinski definition) is 1. The maximum Gasteiger partial charge on any atom is 0.195 e. The number of oxazole rings is 1. The van der Waals surface area contributed by atoms with Crippen molar-refractivity contribution in [2.45, 2.75) is 51.0 Å². The molecule has 78 valence electrons. The molecular weight excluding hydrogens is 176 g/mol. The highest BCUT2D eigenvalue weighted by Gasteiger charge is 2.20. The summed E-state index contributed by atoms with van der Waals surface area (Å²) in [6, 6.07) is 0.130. The van der Waals surface area contributed by atoms with E-state index in [2.05, 4.69) is 4.98 Å². The number of rotatable bonds is 3. The average molecular weight is 194 g/mol. The first-order chi connectivity index (χ1) is 6.75. The molecule has 0 radical (unpaired) electrons. The summed E-state index contributed by atoms with van der Waals surface area (Å²) >= 11 is 0. The standard InChI is InChI=1S/C11H18N2O/c1-8(12)6-11-13-10(7-14-11)9-4-2-3-5-9/h7-9H,2-6,12H2,1H3. The third-order valence-electron chi connectivity index (χ3n) is 2.84. The summed E-state index contributed by atoms with van der Waals surface area (Å²) in [4.78, 5) is 4.49. The van der Waals surface area contributed by atoms with Crippen LogP contribution < -0.4 is 5.73 Å².